The highest BCUT2D eigenvalue weighted by molar-refractivity contribution is 5.44. The smallest absolute Gasteiger partial charge is 0.231 e. The van der Waals surface area contributed by atoms with Gasteiger partial charge in [0, 0.05) is 39.3 Å². The largest absolute Gasteiger partial charge is 0.454 e. The van der Waals surface area contributed by atoms with Gasteiger partial charge in [-0.3, -0.25) is 4.90 Å². The summed E-state index contributed by atoms with van der Waals surface area (Å²) in [6, 6.07) is 13.1. The molecule has 2 aliphatic heterocycles. The first kappa shape index (κ1) is 16.4. The van der Waals surface area contributed by atoms with Gasteiger partial charge >= 0.3 is 0 Å². The van der Waals surface area contributed by atoms with Crippen LogP contribution < -0.4 is 9.47 Å². The monoisotopic (exact) mass is 342 g/mol. The molecule has 0 unspecified atom stereocenters. The highest BCUT2D eigenvalue weighted by atomic mass is 19.1. The summed E-state index contributed by atoms with van der Waals surface area (Å²) in [4.78, 5) is 4.93. The number of hydrogen-bond acceptors (Lipinski definition) is 4. The van der Waals surface area contributed by atoms with Crippen molar-refractivity contribution in [1.29, 1.82) is 0 Å². The summed E-state index contributed by atoms with van der Waals surface area (Å²) in [6.07, 6.45) is 0.903. The van der Waals surface area contributed by atoms with Gasteiger partial charge in [0.15, 0.2) is 11.5 Å². The van der Waals surface area contributed by atoms with Gasteiger partial charge in [-0.15, -0.1) is 0 Å². The highest BCUT2D eigenvalue weighted by Crippen LogP contribution is 2.32. The number of halogens is 1. The minimum atomic E-state index is -0.147. The van der Waals surface area contributed by atoms with E-state index in [0.717, 1.165) is 62.8 Å². The molecular weight excluding hydrogens is 319 g/mol. The Hall–Kier alpha value is -2.11. The lowest BCUT2D eigenvalue weighted by Crippen LogP contribution is -2.46. The maximum Gasteiger partial charge on any atom is 0.231 e. The number of fused-ring (bicyclic) bond motifs is 1. The number of benzene rings is 2. The molecule has 1 fully saturated rings. The lowest BCUT2D eigenvalue weighted by molar-refractivity contribution is 0.128. The third kappa shape index (κ3) is 4.11. The van der Waals surface area contributed by atoms with Gasteiger partial charge in [-0.05, 0) is 41.8 Å². The third-order valence-electron chi connectivity index (χ3n) is 4.91. The zero-order valence-corrected chi connectivity index (χ0v) is 14.3. The average Bonchev–Trinajstić information content (AvgIpc) is 3.09. The van der Waals surface area contributed by atoms with E-state index in [1.54, 1.807) is 12.1 Å². The molecule has 0 amide bonds. The van der Waals surface area contributed by atoms with Crippen molar-refractivity contribution < 1.29 is 13.9 Å². The van der Waals surface area contributed by atoms with Crippen LogP contribution >= 0.6 is 0 Å². The van der Waals surface area contributed by atoms with E-state index >= 15 is 0 Å². The molecule has 0 aliphatic carbocycles. The molecule has 5 heteroatoms. The Morgan fingerprint density at radius 2 is 1.64 bits per heavy atom. The van der Waals surface area contributed by atoms with Crippen LogP contribution in [-0.2, 0) is 13.0 Å². The zero-order chi connectivity index (χ0) is 17.1. The molecule has 2 heterocycles. The maximum absolute atomic E-state index is 13.2. The van der Waals surface area contributed by atoms with Crippen molar-refractivity contribution in [2.24, 2.45) is 0 Å². The zero-order valence-electron chi connectivity index (χ0n) is 14.3. The van der Waals surface area contributed by atoms with Gasteiger partial charge in [0.25, 0.3) is 0 Å². The van der Waals surface area contributed by atoms with Crippen LogP contribution in [0.3, 0.4) is 0 Å². The Labute approximate surface area is 147 Å². The molecule has 1 saturated heterocycles. The van der Waals surface area contributed by atoms with E-state index in [1.165, 1.54) is 11.6 Å². The Balaban J connectivity index is 1.24. The maximum atomic E-state index is 13.2. The molecule has 2 aliphatic rings. The molecular formula is C20H23FN2O2. The minimum Gasteiger partial charge on any atom is -0.454 e. The second-order valence-electron chi connectivity index (χ2n) is 6.69. The van der Waals surface area contributed by atoms with Gasteiger partial charge in [-0.2, -0.15) is 0 Å². The van der Waals surface area contributed by atoms with Gasteiger partial charge in [0.05, 0.1) is 0 Å². The van der Waals surface area contributed by atoms with Crippen molar-refractivity contribution in [1.82, 2.24) is 9.80 Å². The number of rotatable bonds is 5. The van der Waals surface area contributed by atoms with Crippen molar-refractivity contribution in [3.8, 4) is 11.5 Å². The Kier molecular flexibility index (Phi) is 4.85. The lowest BCUT2D eigenvalue weighted by Gasteiger charge is -2.34. The van der Waals surface area contributed by atoms with Gasteiger partial charge in [0.1, 0.15) is 5.82 Å². The first-order valence-electron chi connectivity index (χ1n) is 8.84. The summed E-state index contributed by atoms with van der Waals surface area (Å²) in [5.41, 5.74) is 2.33. The van der Waals surface area contributed by atoms with E-state index < -0.39 is 0 Å². The molecule has 2 aromatic carbocycles. The number of ether oxygens (including phenoxy) is 2. The van der Waals surface area contributed by atoms with Gasteiger partial charge < -0.3 is 14.4 Å². The van der Waals surface area contributed by atoms with Gasteiger partial charge in [0.2, 0.25) is 6.79 Å². The van der Waals surface area contributed by atoms with E-state index in [-0.39, 0.29) is 5.82 Å². The van der Waals surface area contributed by atoms with Crippen molar-refractivity contribution in [3.63, 3.8) is 0 Å². The Morgan fingerprint density at radius 1 is 0.840 bits per heavy atom. The van der Waals surface area contributed by atoms with Crippen LogP contribution in [0.5, 0.6) is 11.5 Å². The summed E-state index contributed by atoms with van der Waals surface area (Å²) in [6.45, 7) is 6.47. The number of nitrogens with zero attached hydrogens (tertiary/aromatic N) is 2. The molecule has 0 saturated carbocycles. The second-order valence-corrected chi connectivity index (χ2v) is 6.69. The number of piperazine rings is 1. The predicted octanol–water partition coefficient (Wildman–Crippen LogP) is 2.91. The van der Waals surface area contributed by atoms with Crippen molar-refractivity contribution in [2.45, 2.75) is 13.0 Å². The SMILES string of the molecule is Fc1cccc(CCN2CCN(Cc3ccc4c(c3)OCO4)CC2)c1. The van der Waals surface area contributed by atoms with Crippen LogP contribution in [0.25, 0.3) is 0 Å². The Morgan fingerprint density at radius 3 is 2.48 bits per heavy atom. The van der Waals surface area contributed by atoms with Gasteiger partial charge in [-0.25, -0.2) is 4.39 Å². The highest BCUT2D eigenvalue weighted by Gasteiger charge is 2.18. The molecule has 2 aromatic rings. The molecule has 0 bridgehead atoms. The first-order valence-corrected chi connectivity index (χ1v) is 8.84. The molecule has 0 N–H and O–H groups in total. The first-order chi connectivity index (χ1) is 12.3. The standard InChI is InChI=1S/C20H23FN2O2/c21-18-3-1-2-16(12-18)6-7-22-8-10-23(11-9-22)14-17-4-5-19-20(13-17)25-15-24-19/h1-5,12-13H,6-11,14-15H2. The molecule has 25 heavy (non-hydrogen) atoms. The number of hydrogen-bond donors (Lipinski definition) is 0. The molecule has 0 atom stereocenters. The molecule has 4 nitrogen and oxygen atoms in total. The van der Waals surface area contributed by atoms with Crippen LogP contribution in [-0.4, -0.2) is 49.3 Å². The Bertz CT molecular complexity index is 729. The molecule has 4 rings (SSSR count). The van der Waals surface area contributed by atoms with Crippen molar-refractivity contribution in [2.75, 3.05) is 39.5 Å². The van der Waals surface area contributed by atoms with Crippen LogP contribution in [0, 0.1) is 5.82 Å². The topological polar surface area (TPSA) is 24.9 Å². The fraction of sp³-hybridized carbons (Fsp3) is 0.400. The predicted molar refractivity (Wildman–Crippen MR) is 94.4 cm³/mol. The van der Waals surface area contributed by atoms with Crippen LogP contribution in [0.15, 0.2) is 42.5 Å². The molecule has 0 radical (unpaired) electrons. The van der Waals surface area contributed by atoms with Crippen LogP contribution in [0.1, 0.15) is 11.1 Å². The average molecular weight is 342 g/mol. The fourth-order valence-corrected chi connectivity index (χ4v) is 3.45. The van der Waals surface area contributed by atoms with E-state index in [9.17, 15) is 4.39 Å². The lowest BCUT2D eigenvalue weighted by atomic mass is 10.1. The summed E-state index contributed by atoms with van der Waals surface area (Å²) in [5.74, 6) is 1.54. The van der Waals surface area contributed by atoms with E-state index in [0.29, 0.717) is 6.79 Å². The van der Waals surface area contributed by atoms with E-state index in [1.807, 2.05) is 12.1 Å². The summed E-state index contributed by atoms with van der Waals surface area (Å²) >= 11 is 0. The quantitative estimate of drug-likeness (QED) is 0.834. The van der Waals surface area contributed by atoms with Crippen molar-refractivity contribution in [3.05, 3.63) is 59.4 Å². The molecule has 0 spiro atoms. The normalized spacial score (nSPS) is 17.8. The van der Waals surface area contributed by atoms with Gasteiger partial charge in [-0.1, -0.05) is 18.2 Å². The van der Waals surface area contributed by atoms with E-state index in [4.69, 9.17) is 9.47 Å². The fourth-order valence-electron chi connectivity index (χ4n) is 3.45. The van der Waals surface area contributed by atoms with E-state index in [2.05, 4.69) is 21.9 Å². The van der Waals surface area contributed by atoms with Crippen LogP contribution in [0.4, 0.5) is 4.39 Å². The second kappa shape index (κ2) is 7.42. The molecule has 0 aromatic heterocycles. The summed E-state index contributed by atoms with van der Waals surface area (Å²) in [7, 11) is 0. The minimum absolute atomic E-state index is 0.147. The molecule has 132 valence electrons. The van der Waals surface area contributed by atoms with Crippen molar-refractivity contribution >= 4 is 0 Å². The third-order valence-corrected chi connectivity index (χ3v) is 4.91. The van der Waals surface area contributed by atoms with Crippen LogP contribution in [0.2, 0.25) is 0 Å². The summed E-state index contributed by atoms with van der Waals surface area (Å²) < 4.78 is 24.1. The summed E-state index contributed by atoms with van der Waals surface area (Å²) in [5, 5.41) is 0.